The molecule has 0 fully saturated rings. The summed E-state index contributed by atoms with van der Waals surface area (Å²) in [5, 5.41) is 2.42. The molecule has 16 heavy (non-hydrogen) atoms. The number of benzene rings is 1. The van der Waals surface area contributed by atoms with Crippen LogP contribution >= 0.6 is 0 Å². The van der Waals surface area contributed by atoms with Gasteiger partial charge in [-0.1, -0.05) is 24.3 Å². The van der Waals surface area contributed by atoms with Crippen molar-refractivity contribution in [2.75, 3.05) is 7.05 Å². The number of hydrogen-bond acceptors (Lipinski definition) is 2. The van der Waals surface area contributed by atoms with Gasteiger partial charge >= 0.3 is 0 Å². The quantitative estimate of drug-likeness (QED) is 0.442. The summed E-state index contributed by atoms with van der Waals surface area (Å²) in [6.07, 6.45) is 3.17. The number of guanidine groups is 1. The molecule has 0 aliphatic rings. The topological polar surface area (TPSA) is 67.5 Å². The van der Waals surface area contributed by atoms with Crippen LogP contribution in [0.2, 0.25) is 0 Å². The second-order valence-electron chi connectivity index (χ2n) is 3.29. The SMILES string of the molecule is CN=C(N)NC(=O)C=Cc1ccccc1C. The van der Waals surface area contributed by atoms with Crippen molar-refractivity contribution in [3.05, 3.63) is 41.5 Å². The molecule has 0 aliphatic heterocycles. The van der Waals surface area contributed by atoms with Gasteiger partial charge in [0.15, 0.2) is 5.96 Å². The molecule has 84 valence electrons. The van der Waals surface area contributed by atoms with Crippen LogP contribution in [0.1, 0.15) is 11.1 Å². The molecule has 1 amide bonds. The molecule has 0 bridgehead atoms. The lowest BCUT2D eigenvalue weighted by atomic mass is 10.1. The maximum absolute atomic E-state index is 11.3. The molecule has 0 saturated carbocycles. The molecule has 0 heterocycles. The highest BCUT2D eigenvalue weighted by molar-refractivity contribution is 6.03. The first-order chi connectivity index (χ1) is 7.63. The van der Waals surface area contributed by atoms with Crippen molar-refractivity contribution < 1.29 is 4.79 Å². The van der Waals surface area contributed by atoms with Gasteiger partial charge in [-0.05, 0) is 24.1 Å². The van der Waals surface area contributed by atoms with Gasteiger partial charge in [0.25, 0.3) is 5.91 Å². The van der Waals surface area contributed by atoms with E-state index >= 15 is 0 Å². The highest BCUT2D eigenvalue weighted by Gasteiger charge is 1.97. The molecule has 4 nitrogen and oxygen atoms in total. The Balaban J connectivity index is 2.68. The molecule has 1 aromatic carbocycles. The Morgan fingerprint density at radius 2 is 2.12 bits per heavy atom. The minimum absolute atomic E-state index is 0.111. The molecule has 0 aliphatic carbocycles. The Morgan fingerprint density at radius 1 is 1.44 bits per heavy atom. The lowest BCUT2D eigenvalue weighted by Gasteiger charge is -2.00. The highest BCUT2D eigenvalue weighted by atomic mass is 16.1. The molecule has 3 N–H and O–H groups in total. The monoisotopic (exact) mass is 217 g/mol. The number of carbonyl (C=O) groups excluding carboxylic acids is 1. The van der Waals surface area contributed by atoms with Gasteiger partial charge in [0.05, 0.1) is 0 Å². The largest absolute Gasteiger partial charge is 0.370 e. The van der Waals surface area contributed by atoms with Crippen molar-refractivity contribution in [2.45, 2.75) is 6.92 Å². The fourth-order valence-electron chi connectivity index (χ4n) is 1.16. The van der Waals surface area contributed by atoms with Crippen molar-refractivity contribution in [1.29, 1.82) is 0 Å². The van der Waals surface area contributed by atoms with Gasteiger partial charge in [0.1, 0.15) is 0 Å². The fourth-order valence-corrected chi connectivity index (χ4v) is 1.16. The summed E-state index contributed by atoms with van der Waals surface area (Å²) < 4.78 is 0. The molecule has 0 radical (unpaired) electrons. The summed E-state index contributed by atoms with van der Waals surface area (Å²) in [4.78, 5) is 15.0. The second-order valence-corrected chi connectivity index (χ2v) is 3.29. The summed E-state index contributed by atoms with van der Waals surface area (Å²) in [6, 6.07) is 7.80. The van der Waals surface area contributed by atoms with Gasteiger partial charge in [-0.3, -0.25) is 15.1 Å². The average molecular weight is 217 g/mol. The summed E-state index contributed by atoms with van der Waals surface area (Å²) >= 11 is 0. The van der Waals surface area contributed by atoms with Gasteiger partial charge in [-0.15, -0.1) is 0 Å². The zero-order valence-corrected chi connectivity index (χ0v) is 9.40. The minimum Gasteiger partial charge on any atom is -0.370 e. The van der Waals surface area contributed by atoms with E-state index < -0.39 is 0 Å². The van der Waals surface area contributed by atoms with Crippen LogP contribution in [-0.2, 0) is 4.79 Å². The zero-order chi connectivity index (χ0) is 12.0. The first kappa shape index (κ1) is 12.0. The van der Waals surface area contributed by atoms with Crippen molar-refractivity contribution in [3.63, 3.8) is 0 Å². The maximum Gasteiger partial charge on any atom is 0.250 e. The molecule has 0 aromatic heterocycles. The van der Waals surface area contributed by atoms with E-state index in [2.05, 4.69) is 10.3 Å². The third-order valence-electron chi connectivity index (χ3n) is 2.09. The lowest BCUT2D eigenvalue weighted by Crippen LogP contribution is -2.35. The van der Waals surface area contributed by atoms with Crippen molar-refractivity contribution in [3.8, 4) is 0 Å². The standard InChI is InChI=1S/C12H15N3O/c1-9-5-3-4-6-10(9)7-8-11(16)15-12(13)14-2/h3-8H,1-2H3,(H3,13,14,15,16). The third-order valence-corrected chi connectivity index (χ3v) is 2.09. The van der Waals surface area contributed by atoms with Crippen LogP contribution in [0.3, 0.4) is 0 Å². The summed E-state index contributed by atoms with van der Waals surface area (Å²) in [6.45, 7) is 1.99. The number of amides is 1. The number of rotatable bonds is 2. The van der Waals surface area contributed by atoms with Crippen LogP contribution in [0.4, 0.5) is 0 Å². The van der Waals surface area contributed by atoms with E-state index in [1.165, 1.54) is 13.1 Å². The second kappa shape index (κ2) is 5.70. The Labute approximate surface area is 94.9 Å². The number of aryl methyl sites for hydroxylation is 1. The predicted octanol–water partition coefficient (Wildman–Crippen LogP) is 1.07. The smallest absolute Gasteiger partial charge is 0.250 e. The molecule has 0 atom stereocenters. The minimum atomic E-state index is -0.286. The van der Waals surface area contributed by atoms with E-state index in [0.29, 0.717) is 0 Å². The first-order valence-electron chi connectivity index (χ1n) is 4.90. The number of aliphatic imine (C=N–C) groups is 1. The summed E-state index contributed by atoms with van der Waals surface area (Å²) in [5.41, 5.74) is 7.48. The Morgan fingerprint density at radius 3 is 2.75 bits per heavy atom. The summed E-state index contributed by atoms with van der Waals surface area (Å²) in [7, 11) is 1.51. The van der Waals surface area contributed by atoms with Crippen LogP contribution < -0.4 is 11.1 Å². The molecule has 0 spiro atoms. The molecule has 0 saturated heterocycles. The normalized spacial score (nSPS) is 11.8. The molecule has 1 rings (SSSR count). The number of hydrogen-bond donors (Lipinski definition) is 2. The lowest BCUT2D eigenvalue weighted by molar-refractivity contribution is -0.115. The Kier molecular flexibility index (Phi) is 4.27. The first-order valence-corrected chi connectivity index (χ1v) is 4.90. The fraction of sp³-hybridized carbons (Fsp3) is 0.167. The number of nitrogens with one attached hydrogen (secondary N) is 1. The van der Waals surface area contributed by atoms with Crippen LogP contribution in [0, 0.1) is 6.92 Å². The molecule has 4 heteroatoms. The van der Waals surface area contributed by atoms with Crippen molar-refractivity contribution >= 4 is 17.9 Å². The van der Waals surface area contributed by atoms with Crippen LogP contribution in [0.15, 0.2) is 35.3 Å². The van der Waals surface area contributed by atoms with E-state index in [0.717, 1.165) is 11.1 Å². The van der Waals surface area contributed by atoms with Crippen LogP contribution in [0.25, 0.3) is 6.08 Å². The van der Waals surface area contributed by atoms with Gasteiger partial charge < -0.3 is 5.73 Å². The van der Waals surface area contributed by atoms with E-state index in [-0.39, 0.29) is 11.9 Å². The van der Waals surface area contributed by atoms with Gasteiger partial charge in [-0.2, -0.15) is 0 Å². The Bertz CT molecular complexity index is 436. The molecular weight excluding hydrogens is 202 g/mol. The van der Waals surface area contributed by atoms with Gasteiger partial charge in [-0.25, -0.2) is 0 Å². The van der Waals surface area contributed by atoms with Crippen molar-refractivity contribution in [2.24, 2.45) is 10.7 Å². The average Bonchev–Trinajstić information content (AvgIpc) is 2.28. The number of nitrogens with two attached hydrogens (primary N) is 1. The van der Waals surface area contributed by atoms with E-state index in [1.807, 2.05) is 31.2 Å². The highest BCUT2D eigenvalue weighted by Crippen LogP contribution is 2.08. The van der Waals surface area contributed by atoms with Crippen molar-refractivity contribution in [1.82, 2.24) is 5.32 Å². The van der Waals surface area contributed by atoms with Crippen LogP contribution in [-0.4, -0.2) is 18.9 Å². The third kappa shape index (κ3) is 3.57. The number of carbonyl (C=O) groups is 1. The van der Waals surface area contributed by atoms with E-state index in [9.17, 15) is 4.79 Å². The van der Waals surface area contributed by atoms with Gasteiger partial charge in [0, 0.05) is 13.1 Å². The molecule has 1 aromatic rings. The molecular formula is C12H15N3O. The van der Waals surface area contributed by atoms with E-state index in [4.69, 9.17) is 5.73 Å². The summed E-state index contributed by atoms with van der Waals surface area (Å²) in [5.74, 6) is -0.175. The predicted molar refractivity (Wildman–Crippen MR) is 65.9 cm³/mol. The Hall–Kier alpha value is -2.10. The van der Waals surface area contributed by atoms with Crippen LogP contribution in [0.5, 0.6) is 0 Å². The maximum atomic E-state index is 11.3. The zero-order valence-electron chi connectivity index (χ0n) is 9.40. The van der Waals surface area contributed by atoms with E-state index in [1.54, 1.807) is 6.08 Å². The molecule has 0 unspecified atom stereocenters. The number of nitrogens with zero attached hydrogens (tertiary/aromatic N) is 1. The van der Waals surface area contributed by atoms with Gasteiger partial charge in [0.2, 0.25) is 0 Å².